The van der Waals surface area contributed by atoms with Crippen LogP contribution in [-0.4, -0.2) is 68.2 Å². The monoisotopic (exact) mass is 171 g/mol. The average Bonchev–Trinajstić information content (AvgIpc) is 2.07. The van der Waals surface area contributed by atoms with Crippen molar-refractivity contribution in [1.29, 1.82) is 0 Å². The first-order valence-electron chi connectivity index (χ1n) is 4.70. The maximum atomic E-state index is 2.40. The Balaban J connectivity index is 2.48. The molecule has 0 aromatic heterocycles. The molecule has 0 N–H and O–H groups in total. The van der Waals surface area contributed by atoms with Crippen molar-refractivity contribution in [3.8, 4) is 0 Å². The van der Waals surface area contributed by atoms with Gasteiger partial charge >= 0.3 is 0 Å². The molecule has 12 heavy (non-hydrogen) atoms. The molecule has 0 aromatic carbocycles. The normalized spacial score (nSPS) is 27.0. The molecule has 1 aliphatic rings. The zero-order valence-corrected chi connectivity index (χ0v) is 8.75. The van der Waals surface area contributed by atoms with Crippen LogP contribution in [0.25, 0.3) is 0 Å². The Morgan fingerprint density at radius 3 is 1.67 bits per heavy atom. The number of rotatable bonds is 0. The Morgan fingerprint density at radius 1 is 0.833 bits per heavy atom. The Kier molecular flexibility index (Phi) is 3.50. The minimum Gasteiger partial charge on any atom is -0.304 e. The van der Waals surface area contributed by atoms with E-state index in [4.69, 9.17) is 0 Å². The van der Waals surface area contributed by atoms with Crippen molar-refractivity contribution in [3.63, 3.8) is 0 Å². The summed E-state index contributed by atoms with van der Waals surface area (Å²) in [7, 11) is 6.58. The molecule has 1 fully saturated rings. The molecule has 3 heteroatoms. The Hall–Kier alpha value is -0.120. The lowest BCUT2D eigenvalue weighted by Gasteiger charge is -2.37. The van der Waals surface area contributed by atoms with Gasteiger partial charge in [-0.3, -0.25) is 9.80 Å². The number of hydrogen-bond acceptors (Lipinski definition) is 3. The Morgan fingerprint density at radius 2 is 1.25 bits per heavy atom. The van der Waals surface area contributed by atoms with Gasteiger partial charge in [-0.25, -0.2) is 0 Å². The van der Waals surface area contributed by atoms with Crippen LogP contribution in [0.4, 0.5) is 0 Å². The highest BCUT2D eigenvalue weighted by Crippen LogP contribution is 2.04. The molecule has 0 unspecified atom stereocenters. The van der Waals surface area contributed by atoms with Gasteiger partial charge in [0, 0.05) is 26.2 Å². The topological polar surface area (TPSA) is 9.72 Å². The highest BCUT2D eigenvalue weighted by Gasteiger charge is 2.17. The molecule has 1 heterocycles. The van der Waals surface area contributed by atoms with Crippen LogP contribution in [0.1, 0.15) is 6.92 Å². The third kappa shape index (κ3) is 2.44. The first-order chi connectivity index (χ1) is 5.61. The molecular formula is C9H21N3. The summed E-state index contributed by atoms with van der Waals surface area (Å²) in [6, 6.07) is 0. The number of likely N-dealkylation sites (N-methyl/N-ethyl adjacent to an activating group) is 3. The van der Waals surface area contributed by atoms with Gasteiger partial charge in [0.25, 0.3) is 0 Å². The van der Waals surface area contributed by atoms with Crippen molar-refractivity contribution in [2.75, 3.05) is 47.3 Å². The molecule has 0 bridgehead atoms. The summed E-state index contributed by atoms with van der Waals surface area (Å²) in [5.41, 5.74) is 0. The zero-order valence-electron chi connectivity index (χ0n) is 8.75. The smallest absolute Gasteiger partial charge is 0.0589 e. The van der Waals surface area contributed by atoms with Crippen molar-refractivity contribution in [1.82, 2.24) is 14.7 Å². The zero-order chi connectivity index (χ0) is 9.14. The largest absolute Gasteiger partial charge is 0.304 e. The van der Waals surface area contributed by atoms with E-state index in [0.717, 1.165) is 0 Å². The van der Waals surface area contributed by atoms with Crippen LogP contribution in [0.2, 0.25) is 0 Å². The summed E-state index contributed by atoms with van der Waals surface area (Å²) in [5.74, 6) is 0. The van der Waals surface area contributed by atoms with Gasteiger partial charge < -0.3 is 4.90 Å². The number of hydrogen-bond donors (Lipinski definition) is 0. The molecule has 0 saturated carbocycles. The molecule has 0 atom stereocenters. The van der Waals surface area contributed by atoms with Crippen molar-refractivity contribution in [2.24, 2.45) is 0 Å². The quantitative estimate of drug-likeness (QED) is 0.513. The predicted octanol–water partition coefficient (Wildman–Crippen LogP) is 0.141. The van der Waals surface area contributed by atoms with E-state index in [2.05, 4.69) is 42.8 Å². The third-order valence-corrected chi connectivity index (χ3v) is 2.94. The third-order valence-electron chi connectivity index (χ3n) is 2.94. The van der Waals surface area contributed by atoms with Crippen LogP contribution in [-0.2, 0) is 0 Å². The summed E-state index contributed by atoms with van der Waals surface area (Å²) in [6.07, 6.45) is 0.582. The highest BCUT2D eigenvalue weighted by atomic mass is 15.4. The first-order valence-corrected chi connectivity index (χ1v) is 4.70. The van der Waals surface area contributed by atoms with E-state index in [1.165, 1.54) is 26.2 Å². The van der Waals surface area contributed by atoms with Crippen LogP contribution >= 0.6 is 0 Å². The van der Waals surface area contributed by atoms with Crippen LogP contribution in [0.3, 0.4) is 0 Å². The molecule has 0 radical (unpaired) electrons. The lowest BCUT2D eigenvalue weighted by molar-refractivity contribution is 0.0607. The maximum absolute atomic E-state index is 2.40. The molecule has 1 aliphatic heterocycles. The fourth-order valence-electron chi connectivity index (χ4n) is 1.48. The van der Waals surface area contributed by atoms with E-state index >= 15 is 0 Å². The van der Waals surface area contributed by atoms with Gasteiger partial charge in [-0.15, -0.1) is 0 Å². The van der Waals surface area contributed by atoms with Gasteiger partial charge in [-0.1, -0.05) is 0 Å². The minimum atomic E-state index is 0.582. The van der Waals surface area contributed by atoms with Crippen LogP contribution in [0.5, 0.6) is 0 Å². The van der Waals surface area contributed by atoms with E-state index in [9.17, 15) is 0 Å². The second-order valence-corrected chi connectivity index (χ2v) is 3.90. The van der Waals surface area contributed by atoms with Gasteiger partial charge in [-0.2, -0.15) is 0 Å². The standard InChI is InChI=1S/C9H21N3/c1-9-11(3)7-5-10(2)6-8-12(9)4/h9H,5-8H2,1-4H3. The fourth-order valence-corrected chi connectivity index (χ4v) is 1.48. The summed E-state index contributed by atoms with van der Waals surface area (Å²) < 4.78 is 0. The fraction of sp³-hybridized carbons (Fsp3) is 1.00. The van der Waals surface area contributed by atoms with Crippen LogP contribution < -0.4 is 0 Å². The summed E-state index contributed by atoms with van der Waals surface area (Å²) in [6.45, 7) is 6.98. The van der Waals surface area contributed by atoms with Crippen molar-refractivity contribution in [3.05, 3.63) is 0 Å². The number of nitrogens with zero attached hydrogens (tertiary/aromatic N) is 3. The Labute approximate surface area is 75.9 Å². The molecule has 0 aliphatic carbocycles. The van der Waals surface area contributed by atoms with Crippen molar-refractivity contribution in [2.45, 2.75) is 13.1 Å². The predicted molar refractivity (Wildman–Crippen MR) is 52.2 cm³/mol. The van der Waals surface area contributed by atoms with E-state index < -0.39 is 0 Å². The molecule has 1 saturated heterocycles. The van der Waals surface area contributed by atoms with E-state index in [1.54, 1.807) is 0 Å². The minimum absolute atomic E-state index is 0.582. The second-order valence-electron chi connectivity index (χ2n) is 3.90. The van der Waals surface area contributed by atoms with Crippen LogP contribution in [0.15, 0.2) is 0 Å². The molecule has 72 valence electrons. The van der Waals surface area contributed by atoms with E-state index in [-0.39, 0.29) is 0 Å². The first kappa shape index (κ1) is 9.96. The van der Waals surface area contributed by atoms with Crippen molar-refractivity contribution < 1.29 is 0 Å². The van der Waals surface area contributed by atoms with Crippen molar-refractivity contribution >= 4 is 0 Å². The van der Waals surface area contributed by atoms with Gasteiger partial charge in [0.15, 0.2) is 0 Å². The lowest BCUT2D eigenvalue weighted by Crippen LogP contribution is -2.50. The SMILES string of the molecule is CC1N(C)CCN(C)CCN1C. The highest BCUT2D eigenvalue weighted by molar-refractivity contribution is 4.69. The van der Waals surface area contributed by atoms with Crippen LogP contribution in [0, 0.1) is 0 Å². The molecule has 3 nitrogen and oxygen atoms in total. The van der Waals surface area contributed by atoms with Gasteiger partial charge in [-0.05, 0) is 28.1 Å². The van der Waals surface area contributed by atoms with E-state index in [1.807, 2.05) is 0 Å². The molecule has 0 amide bonds. The van der Waals surface area contributed by atoms with E-state index in [0.29, 0.717) is 6.17 Å². The summed E-state index contributed by atoms with van der Waals surface area (Å²) in [4.78, 5) is 7.18. The van der Waals surface area contributed by atoms with Gasteiger partial charge in [0.2, 0.25) is 0 Å². The molecule has 1 rings (SSSR count). The molecule has 0 spiro atoms. The lowest BCUT2D eigenvalue weighted by atomic mass is 10.3. The molecule has 0 aromatic rings. The summed E-state index contributed by atoms with van der Waals surface area (Å²) >= 11 is 0. The Bertz CT molecular complexity index is 124. The second kappa shape index (κ2) is 4.21. The van der Waals surface area contributed by atoms with Gasteiger partial charge in [0.1, 0.15) is 0 Å². The summed E-state index contributed by atoms with van der Waals surface area (Å²) in [5, 5.41) is 0. The average molecular weight is 171 g/mol. The maximum Gasteiger partial charge on any atom is 0.0589 e. The molecular weight excluding hydrogens is 150 g/mol. The van der Waals surface area contributed by atoms with Gasteiger partial charge in [0.05, 0.1) is 6.17 Å².